The quantitative estimate of drug-likeness (QED) is 0.890. The minimum atomic E-state index is 0.0337. The van der Waals surface area contributed by atoms with Crippen LogP contribution in [-0.4, -0.2) is 25.7 Å². The van der Waals surface area contributed by atoms with Gasteiger partial charge in [-0.15, -0.1) is 0 Å². The van der Waals surface area contributed by atoms with Crippen molar-refractivity contribution in [2.75, 3.05) is 5.32 Å². The maximum Gasteiger partial charge on any atom is 0.226 e. The molecule has 3 heterocycles. The van der Waals surface area contributed by atoms with Crippen molar-refractivity contribution in [1.29, 1.82) is 0 Å². The van der Waals surface area contributed by atoms with Gasteiger partial charge in [-0.1, -0.05) is 12.8 Å². The molecule has 2 aliphatic rings. The normalized spacial score (nSPS) is 22.3. The van der Waals surface area contributed by atoms with Crippen molar-refractivity contribution in [3.63, 3.8) is 0 Å². The van der Waals surface area contributed by atoms with Crippen molar-refractivity contribution >= 4 is 11.7 Å². The number of hydrogen-bond acceptors (Lipinski definition) is 3. The Hall–Kier alpha value is -2.11. The third-order valence-corrected chi connectivity index (χ3v) is 4.69. The van der Waals surface area contributed by atoms with E-state index in [2.05, 4.69) is 20.0 Å². The van der Waals surface area contributed by atoms with E-state index in [1.165, 1.54) is 12.8 Å². The standard InChI is InChI=1S/C15H19N5O/c1-9-14-11(12-7-16-8-17-12)6-13(21)18-15(14)20(19-9)10-4-2-3-5-10/h7-8,10-11H,2-6H2,1H3,(H,16,17)(H,18,21). The van der Waals surface area contributed by atoms with Crippen LogP contribution in [0.4, 0.5) is 5.82 Å². The van der Waals surface area contributed by atoms with Gasteiger partial charge in [-0.2, -0.15) is 5.10 Å². The van der Waals surface area contributed by atoms with Crippen molar-refractivity contribution in [2.45, 2.75) is 51.0 Å². The summed E-state index contributed by atoms with van der Waals surface area (Å²) >= 11 is 0. The number of aromatic nitrogens is 4. The molecule has 1 amide bonds. The van der Waals surface area contributed by atoms with Gasteiger partial charge in [0.25, 0.3) is 0 Å². The van der Waals surface area contributed by atoms with Gasteiger partial charge in [0.2, 0.25) is 5.91 Å². The number of nitrogens with zero attached hydrogens (tertiary/aromatic N) is 3. The van der Waals surface area contributed by atoms with E-state index in [1.54, 1.807) is 12.5 Å². The fourth-order valence-corrected chi connectivity index (χ4v) is 3.71. The summed E-state index contributed by atoms with van der Waals surface area (Å²) in [6, 6.07) is 0.424. The predicted octanol–water partition coefficient (Wildman–Crippen LogP) is 2.50. The summed E-state index contributed by atoms with van der Waals surface area (Å²) in [5, 5.41) is 7.78. The fraction of sp³-hybridized carbons (Fsp3) is 0.533. The van der Waals surface area contributed by atoms with E-state index >= 15 is 0 Å². The van der Waals surface area contributed by atoms with Crippen LogP contribution in [0.1, 0.15) is 61.0 Å². The second-order valence-corrected chi connectivity index (χ2v) is 6.04. The molecule has 110 valence electrons. The number of aryl methyl sites for hydroxylation is 1. The molecule has 2 aromatic rings. The molecule has 1 atom stereocenters. The van der Waals surface area contributed by atoms with Gasteiger partial charge in [-0.25, -0.2) is 9.67 Å². The Kier molecular flexibility index (Phi) is 2.83. The maximum absolute atomic E-state index is 12.1. The zero-order valence-electron chi connectivity index (χ0n) is 12.1. The van der Waals surface area contributed by atoms with Crippen LogP contribution in [0.3, 0.4) is 0 Å². The van der Waals surface area contributed by atoms with Crippen LogP contribution in [0.25, 0.3) is 0 Å². The number of rotatable bonds is 2. The van der Waals surface area contributed by atoms with Crippen LogP contribution in [-0.2, 0) is 4.79 Å². The average Bonchev–Trinajstić information content (AvgIpc) is 3.18. The molecule has 4 rings (SSSR count). The number of fused-ring (bicyclic) bond motifs is 1. The largest absolute Gasteiger partial charge is 0.348 e. The highest BCUT2D eigenvalue weighted by Crippen LogP contribution is 2.41. The molecule has 0 bridgehead atoms. The van der Waals surface area contributed by atoms with E-state index in [1.807, 2.05) is 6.92 Å². The second-order valence-electron chi connectivity index (χ2n) is 6.04. The average molecular weight is 285 g/mol. The Labute approximate surface area is 123 Å². The third kappa shape index (κ3) is 1.97. The number of H-pyrrole nitrogens is 1. The summed E-state index contributed by atoms with van der Waals surface area (Å²) in [6.45, 7) is 2.03. The number of carbonyl (C=O) groups is 1. The van der Waals surface area contributed by atoms with Crippen molar-refractivity contribution in [1.82, 2.24) is 19.7 Å². The minimum absolute atomic E-state index is 0.0337. The molecule has 1 aliphatic heterocycles. The summed E-state index contributed by atoms with van der Waals surface area (Å²) < 4.78 is 2.05. The molecule has 2 aromatic heterocycles. The van der Waals surface area contributed by atoms with Gasteiger partial charge >= 0.3 is 0 Å². The van der Waals surface area contributed by atoms with Crippen molar-refractivity contribution in [3.05, 3.63) is 29.5 Å². The van der Waals surface area contributed by atoms with Gasteiger partial charge in [-0.05, 0) is 19.8 Å². The number of anilines is 1. The first-order chi connectivity index (χ1) is 10.2. The number of nitrogens with one attached hydrogen (secondary N) is 2. The highest BCUT2D eigenvalue weighted by Gasteiger charge is 2.34. The van der Waals surface area contributed by atoms with Gasteiger partial charge in [-0.3, -0.25) is 4.79 Å². The Bertz CT molecular complexity index is 667. The second kappa shape index (κ2) is 4.72. The van der Waals surface area contributed by atoms with Crippen LogP contribution < -0.4 is 5.32 Å². The molecule has 1 saturated carbocycles. The Morgan fingerprint density at radius 2 is 2.14 bits per heavy atom. The zero-order chi connectivity index (χ0) is 14.4. The predicted molar refractivity (Wildman–Crippen MR) is 78.1 cm³/mol. The van der Waals surface area contributed by atoms with E-state index in [0.29, 0.717) is 12.5 Å². The van der Waals surface area contributed by atoms with Crippen molar-refractivity contribution in [3.8, 4) is 0 Å². The fourth-order valence-electron chi connectivity index (χ4n) is 3.71. The first-order valence-corrected chi connectivity index (χ1v) is 7.61. The molecular formula is C15H19N5O. The molecule has 0 saturated heterocycles. The molecule has 1 unspecified atom stereocenters. The number of carbonyl (C=O) groups excluding carboxylic acids is 1. The SMILES string of the molecule is Cc1nn(C2CCCC2)c2c1C(c1cnc[nH]1)CC(=O)N2. The number of imidazole rings is 1. The maximum atomic E-state index is 12.1. The van der Waals surface area contributed by atoms with Crippen LogP contribution in [0, 0.1) is 6.92 Å². The minimum Gasteiger partial charge on any atom is -0.348 e. The molecule has 6 heteroatoms. The summed E-state index contributed by atoms with van der Waals surface area (Å²) in [5.74, 6) is 0.989. The Balaban J connectivity index is 1.82. The van der Waals surface area contributed by atoms with Crippen molar-refractivity contribution in [2.24, 2.45) is 0 Å². The molecular weight excluding hydrogens is 266 g/mol. The first kappa shape index (κ1) is 12.6. The molecule has 0 aromatic carbocycles. The summed E-state index contributed by atoms with van der Waals surface area (Å²) in [5.41, 5.74) is 3.14. The van der Waals surface area contributed by atoms with Crippen LogP contribution in [0.2, 0.25) is 0 Å². The smallest absolute Gasteiger partial charge is 0.226 e. The number of amides is 1. The third-order valence-electron chi connectivity index (χ3n) is 4.69. The summed E-state index contributed by atoms with van der Waals surface area (Å²) in [6.07, 6.45) is 8.72. The lowest BCUT2D eigenvalue weighted by Crippen LogP contribution is -2.26. The first-order valence-electron chi connectivity index (χ1n) is 7.61. The highest BCUT2D eigenvalue weighted by atomic mass is 16.1. The van der Waals surface area contributed by atoms with E-state index < -0.39 is 0 Å². The number of hydrogen-bond donors (Lipinski definition) is 2. The highest BCUT2D eigenvalue weighted by molar-refractivity contribution is 5.94. The van der Waals surface area contributed by atoms with E-state index in [9.17, 15) is 4.79 Å². The molecule has 0 spiro atoms. The van der Waals surface area contributed by atoms with Gasteiger partial charge in [0.05, 0.1) is 18.1 Å². The van der Waals surface area contributed by atoms with Gasteiger partial charge < -0.3 is 10.3 Å². The monoisotopic (exact) mass is 285 g/mol. The van der Waals surface area contributed by atoms with E-state index in [-0.39, 0.29) is 11.8 Å². The molecule has 0 radical (unpaired) electrons. The lowest BCUT2D eigenvalue weighted by atomic mass is 9.89. The van der Waals surface area contributed by atoms with Gasteiger partial charge in [0, 0.05) is 29.8 Å². The topological polar surface area (TPSA) is 75.6 Å². The Morgan fingerprint density at radius 3 is 2.86 bits per heavy atom. The van der Waals surface area contributed by atoms with Gasteiger partial charge in [0.15, 0.2) is 0 Å². The van der Waals surface area contributed by atoms with Crippen molar-refractivity contribution < 1.29 is 4.79 Å². The summed E-state index contributed by atoms with van der Waals surface area (Å²) in [4.78, 5) is 19.4. The molecule has 2 N–H and O–H groups in total. The van der Waals surface area contributed by atoms with E-state index in [4.69, 9.17) is 5.10 Å². The lowest BCUT2D eigenvalue weighted by molar-refractivity contribution is -0.116. The molecule has 1 aliphatic carbocycles. The van der Waals surface area contributed by atoms with Gasteiger partial charge in [0.1, 0.15) is 5.82 Å². The number of aromatic amines is 1. The van der Waals surface area contributed by atoms with Crippen LogP contribution >= 0.6 is 0 Å². The lowest BCUT2D eigenvalue weighted by Gasteiger charge is -2.24. The van der Waals surface area contributed by atoms with Crippen LogP contribution in [0.15, 0.2) is 12.5 Å². The van der Waals surface area contributed by atoms with Crippen LogP contribution in [0.5, 0.6) is 0 Å². The Morgan fingerprint density at radius 1 is 1.33 bits per heavy atom. The molecule has 21 heavy (non-hydrogen) atoms. The summed E-state index contributed by atoms with van der Waals surface area (Å²) in [7, 11) is 0. The van der Waals surface area contributed by atoms with E-state index in [0.717, 1.165) is 35.6 Å². The molecule has 1 fully saturated rings. The zero-order valence-corrected chi connectivity index (χ0v) is 12.1. The molecule has 6 nitrogen and oxygen atoms in total.